The maximum atomic E-state index is 14.0. The molecule has 3 N–H and O–H groups in total. The van der Waals surface area contributed by atoms with Crippen molar-refractivity contribution in [3.8, 4) is 0 Å². The molecule has 0 spiro atoms. The molecule has 0 radical (unpaired) electrons. The first-order valence-electron chi connectivity index (χ1n) is 8.95. The highest BCUT2D eigenvalue weighted by Crippen LogP contribution is 2.34. The van der Waals surface area contributed by atoms with Crippen LogP contribution in [0.1, 0.15) is 17.4 Å². The maximum absolute atomic E-state index is 14.0. The largest absolute Gasteiger partial charge is 0.416 e. The number of hydrogen-bond donors (Lipinski definition) is 3. The van der Waals surface area contributed by atoms with Gasteiger partial charge in [-0.25, -0.2) is 19.3 Å². The van der Waals surface area contributed by atoms with Crippen LogP contribution in [0.5, 0.6) is 0 Å². The minimum absolute atomic E-state index is 0.0462. The van der Waals surface area contributed by atoms with Crippen LogP contribution in [0.25, 0.3) is 11.2 Å². The third-order valence-electron chi connectivity index (χ3n) is 4.81. The van der Waals surface area contributed by atoms with Gasteiger partial charge in [-0.3, -0.25) is 4.57 Å². The van der Waals surface area contributed by atoms with Gasteiger partial charge in [0, 0.05) is 6.54 Å². The van der Waals surface area contributed by atoms with Gasteiger partial charge in [0.15, 0.2) is 29.4 Å². The molecule has 0 saturated carbocycles. The van der Waals surface area contributed by atoms with Crippen molar-refractivity contribution in [2.24, 2.45) is 0 Å². The molecule has 1 fully saturated rings. The molecule has 4 atom stereocenters. The van der Waals surface area contributed by atoms with Gasteiger partial charge in [-0.1, -0.05) is 12.1 Å². The maximum Gasteiger partial charge on any atom is 0.416 e. The Bertz CT molecular complexity index is 1040. The van der Waals surface area contributed by atoms with Crippen molar-refractivity contribution in [2.45, 2.75) is 37.3 Å². The van der Waals surface area contributed by atoms with E-state index in [4.69, 9.17) is 9.84 Å². The molecule has 160 valence electrons. The Morgan fingerprint density at radius 3 is 2.70 bits per heavy atom. The van der Waals surface area contributed by atoms with E-state index in [1.54, 1.807) is 6.07 Å². The Balaban J connectivity index is 1.57. The van der Waals surface area contributed by atoms with Crippen LogP contribution in [0, 0.1) is 0 Å². The summed E-state index contributed by atoms with van der Waals surface area (Å²) in [5.74, 6) is 0.249. The lowest BCUT2D eigenvalue weighted by Crippen LogP contribution is -2.29. The average Bonchev–Trinajstić information content (AvgIpc) is 3.27. The quantitative estimate of drug-likeness (QED) is 0.535. The molecule has 1 saturated heterocycles. The number of imidazole rings is 1. The highest BCUT2D eigenvalue weighted by atomic mass is 19.4. The first-order valence-corrected chi connectivity index (χ1v) is 8.95. The minimum Gasteiger partial charge on any atom is -0.394 e. The van der Waals surface area contributed by atoms with Gasteiger partial charge in [0.05, 0.1) is 18.5 Å². The van der Waals surface area contributed by atoms with E-state index >= 15 is 0 Å². The van der Waals surface area contributed by atoms with Crippen LogP contribution in [0.2, 0.25) is 0 Å². The fourth-order valence-electron chi connectivity index (χ4n) is 3.30. The van der Waals surface area contributed by atoms with Crippen molar-refractivity contribution < 1.29 is 32.5 Å². The van der Waals surface area contributed by atoms with Crippen LogP contribution in [-0.4, -0.2) is 54.7 Å². The van der Waals surface area contributed by atoms with E-state index in [-0.39, 0.29) is 23.5 Å². The Labute approximate surface area is 167 Å². The van der Waals surface area contributed by atoms with Crippen molar-refractivity contribution in [3.63, 3.8) is 0 Å². The third-order valence-corrected chi connectivity index (χ3v) is 4.81. The Hall–Kier alpha value is -2.83. The lowest BCUT2D eigenvalue weighted by Gasteiger charge is -2.16. The minimum atomic E-state index is -4.44. The van der Waals surface area contributed by atoms with Gasteiger partial charge in [0.2, 0.25) is 0 Å². The SMILES string of the molecule is OC[C@H]1O[C@@H](n2cnc3c(NCc4cccc(C(F)(F)F)c4)ncnc32)[C@H](O)[C@@H]1F. The highest BCUT2D eigenvalue weighted by Gasteiger charge is 2.45. The molecule has 1 aliphatic heterocycles. The number of rotatable bonds is 5. The number of nitrogens with one attached hydrogen (secondary N) is 1. The van der Waals surface area contributed by atoms with Gasteiger partial charge in [0.25, 0.3) is 0 Å². The standard InChI is InChI=1S/C18H17F4N5O3/c19-12-11(6-28)30-17(14(12)29)27-8-26-13-15(24-7-25-16(13)27)23-5-9-2-1-3-10(4-9)18(20,21)22/h1-4,7-8,11-12,14,17,28-29H,5-6H2,(H,23,24,25)/t11-,12-,14-,17-/m1/s1. The molecule has 3 heterocycles. The number of aliphatic hydroxyl groups excluding tert-OH is 2. The second kappa shape index (κ2) is 7.78. The van der Waals surface area contributed by atoms with E-state index in [1.165, 1.54) is 23.3 Å². The molecular formula is C18H17F4N5O3. The summed E-state index contributed by atoms with van der Waals surface area (Å²) in [6.45, 7) is -0.551. The third kappa shape index (κ3) is 3.68. The summed E-state index contributed by atoms with van der Waals surface area (Å²) < 4.78 is 59.3. The van der Waals surface area contributed by atoms with Crippen LogP contribution in [0.3, 0.4) is 0 Å². The first kappa shape index (κ1) is 20.4. The Kier molecular flexibility index (Phi) is 5.30. The molecule has 4 rings (SSSR count). The highest BCUT2D eigenvalue weighted by molar-refractivity contribution is 5.82. The molecule has 1 aliphatic rings. The predicted molar refractivity (Wildman–Crippen MR) is 96.0 cm³/mol. The van der Waals surface area contributed by atoms with E-state index in [9.17, 15) is 22.7 Å². The van der Waals surface area contributed by atoms with Gasteiger partial charge in [-0.15, -0.1) is 0 Å². The molecule has 3 aromatic rings. The summed E-state index contributed by atoms with van der Waals surface area (Å²) in [5, 5.41) is 22.2. The number of aromatic nitrogens is 4. The number of benzene rings is 1. The summed E-state index contributed by atoms with van der Waals surface area (Å²) in [5.41, 5.74) is 0.122. The number of alkyl halides is 4. The molecule has 12 heteroatoms. The molecule has 30 heavy (non-hydrogen) atoms. The monoisotopic (exact) mass is 427 g/mol. The van der Waals surface area contributed by atoms with Crippen LogP contribution < -0.4 is 5.32 Å². The molecule has 2 aromatic heterocycles. The van der Waals surface area contributed by atoms with E-state index in [0.717, 1.165) is 12.1 Å². The van der Waals surface area contributed by atoms with Crippen molar-refractivity contribution in [1.29, 1.82) is 0 Å². The number of nitrogens with zero attached hydrogens (tertiary/aromatic N) is 4. The summed E-state index contributed by atoms with van der Waals surface area (Å²) in [7, 11) is 0. The zero-order valence-electron chi connectivity index (χ0n) is 15.3. The smallest absolute Gasteiger partial charge is 0.394 e. The number of fused-ring (bicyclic) bond motifs is 1. The lowest BCUT2D eigenvalue weighted by molar-refractivity contribution is -0.137. The van der Waals surface area contributed by atoms with Crippen LogP contribution in [0.15, 0.2) is 36.9 Å². The molecule has 0 aliphatic carbocycles. The first-order chi connectivity index (χ1) is 14.3. The van der Waals surface area contributed by atoms with Crippen molar-refractivity contribution in [1.82, 2.24) is 19.5 Å². The second-order valence-corrected chi connectivity index (χ2v) is 6.78. The number of anilines is 1. The molecule has 8 nitrogen and oxygen atoms in total. The molecule has 0 unspecified atom stereocenters. The molecular weight excluding hydrogens is 410 g/mol. The topological polar surface area (TPSA) is 105 Å². The zero-order chi connectivity index (χ0) is 21.5. The number of aliphatic hydroxyl groups is 2. The summed E-state index contributed by atoms with van der Waals surface area (Å²) >= 11 is 0. The van der Waals surface area contributed by atoms with Crippen molar-refractivity contribution >= 4 is 17.0 Å². The van der Waals surface area contributed by atoms with Crippen molar-refractivity contribution in [3.05, 3.63) is 48.0 Å². The Morgan fingerprint density at radius 1 is 1.20 bits per heavy atom. The van der Waals surface area contributed by atoms with Gasteiger partial charge in [-0.05, 0) is 17.7 Å². The van der Waals surface area contributed by atoms with Gasteiger partial charge in [-0.2, -0.15) is 13.2 Å². The second-order valence-electron chi connectivity index (χ2n) is 6.78. The summed E-state index contributed by atoms with van der Waals surface area (Å²) in [6.07, 6.45) is -7.59. The number of ether oxygens (including phenoxy) is 1. The van der Waals surface area contributed by atoms with Crippen LogP contribution in [-0.2, 0) is 17.5 Å². The number of halogens is 4. The normalized spacial score (nSPS) is 24.5. The molecule has 0 bridgehead atoms. The lowest BCUT2D eigenvalue weighted by atomic mass is 10.1. The molecule has 1 aromatic carbocycles. The summed E-state index contributed by atoms with van der Waals surface area (Å²) in [6, 6.07) is 4.87. The van der Waals surface area contributed by atoms with E-state index < -0.39 is 43.0 Å². The summed E-state index contributed by atoms with van der Waals surface area (Å²) in [4.78, 5) is 12.3. The predicted octanol–water partition coefficient (Wildman–Crippen LogP) is 2.05. The van der Waals surface area contributed by atoms with Crippen LogP contribution in [0.4, 0.5) is 23.4 Å². The van der Waals surface area contributed by atoms with Crippen molar-refractivity contribution in [2.75, 3.05) is 11.9 Å². The van der Waals surface area contributed by atoms with Gasteiger partial charge < -0.3 is 20.3 Å². The van der Waals surface area contributed by atoms with E-state index in [2.05, 4.69) is 20.3 Å². The fourth-order valence-corrected chi connectivity index (χ4v) is 3.30. The van der Waals surface area contributed by atoms with E-state index in [0.29, 0.717) is 5.56 Å². The molecule has 0 amide bonds. The average molecular weight is 427 g/mol. The van der Waals surface area contributed by atoms with Crippen LogP contribution >= 0.6 is 0 Å². The fraction of sp³-hybridized carbons (Fsp3) is 0.389. The van der Waals surface area contributed by atoms with E-state index in [1.807, 2.05) is 0 Å². The van der Waals surface area contributed by atoms with Gasteiger partial charge in [0.1, 0.15) is 18.5 Å². The zero-order valence-corrected chi connectivity index (χ0v) is 15.3. The Morgan fingerprint density at radius 2 is 2.00 bits per heavy atom. The number of hydrogen-bond acceptors (Lipinski definition) is 7. The van der Waals surface area contributed by atoms with Gasteiger partial charge >= 0.3 is 6.18 Å².